The number of sulfonamides is 1. The van der Waals surface area contributed by atoms with Gasteiger partial charge in [0.15, 0.2) is 0 Å². The smallest absolute Gasteiger partial charge is 0.389 e. The summed E-state index contributed by atoms with van der Waals surface area (Å²) < 4.78 is 63.8. The maximum absolute atomic E-state index is 12.7. The molecule has 2 rings (SSSR count). The van der Waals surface area contributed by atoms with Crippen molar-refractivity contribution in [1.82, 2.24) is 4.31 Å². The first-order valence-corrected chi connectivity index (χ1v) is 8.35. The number of likely N-dealkylation sites (N-methyl/N-ethyl adjacent to an activating group) is 1. The molecule has 22 heavy (non-hydrogen) atoms. The van der Waals surface area contributed by atoms with E-state index in [-0.39, 0.29) is 6.54 Å². The van der Waals surface area contributed by atoms with Crippen molar-refractivity contribution in [2.24, 2.45) is 0 Å². The van der Waals surface area contributed by atoms with Crippen LogP contribution in [0.5, 0.6) is 0 Å². The SMILES string of the molecule is CN(CC1(O)CCCC1)S(=O)(=O)c1cccc(C(F)(F)F)c1. The molecule has 4 nitrogen and oxygen atoms in total. The Kier molecular flexibility index (Phi) is 4.56. The van der Waals surface area contributed by atoms with E-state index in [1.54, 1.807) is 0 Å². The number of alkyl halides is 3. The molecule has 1 aromatic carbocycles. The van der Waals surface area contributed by atoms with Crippen molar-refractivity contribution in [1.29, 1.82) is 0 Å². The molecule has 0 atom stereocenters. The van der Waals surface area contributed by atoms with Crippen LogP contribution in [0.3, 0.4) is 0 Å². The van der Waals surface area contributed by atoms with Crippen LogP contribution < -0.4 is 0 Å². The molecule has 0 radical (unpaired) electrons. The zero-order chi connectivity index (χ0) is 16.6. The molecule has 0 bridgehead atoms. The third-order valence-electron chi connectivity index (χ3n) is 3.92. The predicted octanol–water partition coefficient (Wildman–Crippen LogP) is 2.63. The van der Waals surface area contributed by atoms with Gasteiger partial charge < -0.3 is 5.11 Å². The van der Waals surface area contributed by atoms with E-state index in [0.717, 1.165) is 35.3 Å². The lowest BCUT2D eigenvalue weighted by atomic mass is 10.0. The third-order valence-corrected chi connectivity index (χ3v) is 5.72. The van der Waals surface area contributed by atoms with Crippen LogP contribution in [0.25, 0.3) is 0 Å². The summed E-state index contributed by atoms with van der Waals surface area (Å²) >= 11 is 0. The highest BCUT2D eigenvalue weighted by molar-refractivity contribution is 7.89. The summed E-state index contributed by atoms with van der Waals surface area (Å²) in [6.45, 7) is -0.119. The number of hydrogen-bond acceptors (Lipinski definition) is 3. The molecule has 8 heteroatoms. The van der Waals surface area contributed by atoms with Crippen molar-refractivity contribution >= 4 is 10.0 Å². The highest BCUT2D eigenvalue weighted by Gasteiger charge is 2.37. The fraction of sp³-hybridized carbons (Fsp3) is 0.571. The Morgan fingerprint density at radius 2 is 1.86 bits per heavy atom. The molecule has 124 valence electrons. The molecule has 0 aliphatic heterocycles. The van der Waals surface area contributed by atoms with Gasteiger partial charge in [0.25, 0.3) is 0 Å². The second kappa shape index (κ2) is 5.82. The first kappa shape index (κ1) is 17.2. The number of rotatable bonds is 4. The molecule has 1 aliphatic carbocycles. The summed E-state index contributed by atoms with van der Waals surface area (Å²) in [5, 5.41) is 10.3. The highest BCUT2D eigenvalue weighted by Crippen LogP contribution is 2.33. The average molecular weight is 337 g/mol. The summed E-state index contributed by atoms with van der Waals surface area (Å²) in [4.78, 5) is -0.425. The van der Waals surface area contributed by atoms with Gasteiger partial charge in [0.05, 0.1) is 16.1 Å². The Morgan fingerprint density at radius 1 is 1.27 bits per heavy atom. The Balaban J connectivity index is 2.26. The second-order valence-corrected chi connectivity index (χ2v) is 7.76. The Labute approximate surface area is 127 Å². The summed E-state index contributed by atoms with van der Waals surface area (Å²) in [5.41, 5.74) is -2.11. The van der Waals surface area contributed by atoms with Gasteiger partial charge >= 0.3 is 6.18 Å². The molecule has 0 aromatic heterocycles. The van der Waals surface area contributed by atoms with Crippen LogP contribution in [0.2, 0.25) is 0 Å². The molecule has 0 saturated heterocycles. The van der Waals surface area contributed by atoms with Crippen LogP contribution in [0.1, 0.15) is 31.2 Å². The molecule has 1 aromatic rings. The van der Waals surface area contributed by atoms with Gasteiger partial charge in [-0.25, -0.2) is 8.42 Å². The summed E-state index contributed by atoms with van der Waals surface area (Å²) in [7, 11) is -2.80. The van der Waals surface area contributed by atoms with Crippen LogP contribution in [0.4, 0.5) is 13.2 Å². The van der Waals surface area contributed by atoms with E-state index in [1.165, 1.54) is 7.05 Å². The van der Waals surface area contributed by atoms with E-state index in [0.29, 0.717) is 18.9 Å². The average Bonchev–Trinajstić information content (AvgIpc) is 2.84. The Bertz CT molecular complexity index is 637. The molecule has 1 aliphatic rings. The third kappa shape index (κ3) is 3.61. The predicted molar refractivity (Wildman–Crippen MR) is 74.7 cm³/mol. The van der Waals surface area contributed by atoms with Crippen molar-refractivity contribution in [2.45, 2.75) is 42.4 Å². The van der Waals surface area contributed by atoms with Gasteiger partial charge in [-0.15, -0.1) is 0 Å². The molecule has 1 N–H and O–H groups in total. The maximum atomic E-state index is 12.7. The van der Waals surface area contributed by atoms with Gasteiger partial charge in [-0.1, -0.05) is 18.9 Å². The second-order valence-electron chi connectivity index (χ2n) is 5.72. The number of aliphatic hydroxyl groups is 1. The number of benzene rings is 1. The molecule has 0 unspecified atom stereocenters. The first-order chi connectivity index (χ1) is 10.0. The van der Waals surface area contributed by atoms with Crippen molar-refractivity contribution in [2.75, 3.05) is 13.6 Å². The molecule has 1 saturated carbocycles. The minimum absolute atomic E-state index is 0.119. The van der Waals surface area contributed by atoms with Crippen molar-refractivity contribution in [3.05, 3.63) is 29.8 Å². The number of hydrogen-bond donors (Lipinski definition) is 1. The lowest BCUT2D eigenvalue weighted by Gasteiger charge is -2.28. The van der Waals surface area contributed by atoms with E-state index in [2.05, 4.69) is 0 Å². The van der Waals surface area contributed by atoms with Gasteiger partial charge in [-0.3, -0.25) is 0 Å². The minimum atomic E-state index is -4.60. The topological polar surface area (TPSA) is 57.6 Å². The number of halogens is 3. The molecule has 1 fully saturated rings. The van der Waals surface area contributed by atoms with E-state index >= 15 is 0 Å². The van der Waals surface area contributed by atoms with Gasteiger partial charge in [0, 0.05) is 13.6 Å². The monoisotopic (exact) mass is 337 g/mol. The van der Waals surface area contributed by atoms with Gasteiger partial charge in [-0.2, -0.15) is 17.5 Å². The zero-order valence-corrected chi connectivity index (χ0v) is 12.9. The van der Waals surface area contributed by atoms with Crippen LogP contribution in [-0.4, -0.2) is 37.0 Å². The van der Waals surface area contributed by atoms with Gasteiger partial charge in [0.1, 0.15) is 0 Å². The van der Waals surface area contributed by atoms with Crippen molar-refractivity contribution in [3.8, 4) is 0 Å². The van der Waals surface area contributed by atoms with Gasteiger partial charge in [-0.05, 0) is 31.0 Å². The van der Waals surface area contributed by atoms with Crippen LogP contribution in [-0.2, 0) is 16.2 Å². The Morgan fingerprint density at radius 3 is 2.41 bits per heavy atom. The summed E-state index contributed by atoms with van der Waals surface area (Å²) in [6.07, 6.45) is -1.99. The van der Waals surface area contributed by atoms with E-state index in [9.17, 15) is 26.7 Å². The number of nitrogens with zero attached hydrogens (tertiary/aromatic N) is 1. The first-order valence-electron chi connectivity index (χ1n) is 6.91. The van der Waals surface area contributed by atoms with E-state index in [1.807, 2.05) is 0 Å². The Hall–Kier alpha value is -1.12. The van der Waals surface area contributed by atoms with Crippen LogP contribution in [0, 0.1) is 0 Å². The van der Waals surface area contributed by atoms with Gasteiger partial charge in [0.2, 0.25) is 10.0 Å². The standard InChI is InChI=1S/C14H18F3NO3S/c1-18(10-13(19)7-2-3-8-13)22(20,21)12-6-4-5-11(9-12)14(15,16)17/h4-6,9,19H,2-3,7-8,10H2,1H3. The molecular weight excluding hydrogens is 319 g/mol. The maximum Gasteiger partial charge on any atom is 0.416 e. The molecular formula is C14H18F3NO3S. The van der Waals surface area contributed by atoms with Crippen LogP contribution >= 0.6 is 0 Å². The molecule has 0 spiro atoms. The lowest BCUT2D eigenvalue weighted by molar-refractivity contribution is -0.137. The molecule has 0 amide bonds. The van der Waals surface area contributed by atoms with Crippen molar-refractivity contribution in [3.63, 3.8) is 0 Å². The molecule has 0 heterocycles. The highest BCUT2D eigenvalue weighted by atomic mass is 32.2. The largest absolute Gasteiger partial charge is 0.416 e. The quantitative estimate of drug-likeness (QED) is 0.919. The van der Waals surface area contributed by atoms with E-state index < -0.39 is 32.3 Å². The fourth-order valence-electron chi connectivity index (χ4n) is 2.70. The fourth-order valence-corrected chi connectivity index (χ4v) is 4.00. The zero-order valence-electron chi connectivity index (χ0n) is 12.1. The normalized spacial score (nSPS) is 18.8. The van der Waals surface area contributed by atoms with Crippen LogP contribution in [0.15, 0.2) is 29.2 Å². The summed E-state index contributed by atoms with van der Waals surface area (Å²) in [6, 6.07) is 3.63. The lowest BCUT2D eigenvalue weighted by Crippen LogP contribution is -2.42. The summed E-state index contributed by atoms with van der Waals surface area (Å²) in [5.74, 6) is 0. The van der Waals surface area contributed by atoms with E-state index in [4.69, 9.17) is 0 Å². The van der Waals surface area contributed by atoms with Crippen molar-refractivity contribution < 1.29 is 26.7 Å². The minimum Gasteiger partial charge on any atom is -0.389 e.